The maximum absolute atomic E-state index is 12.6. The van der Waals surface area contributed by atoms with Crippen LogP contribution in [-0.4, -0.2) is 34.2 Å². The Hall–Kier alpha value is -4.60. The second-order valence-corrected chi connectivity index (χ2v) is 7.94. The highest BCUT2D eigenvalue weighted by molar-refractivity contribution is 5.93. The van der Waals surface area contributed by atoms with Crippen molar-refractivity contribution in [2.24, 2.45) is 0 Å². The number of carboxylic acids is 2. The zero-order valence-electron chi connectivity index (χ0n) is 19.8. The van der Waals surface area contributed by atoms with Crippen molar-refractivity contribution in [3.8, 4) is 5.75 Å². The number of aliphatic carboxylic acids is 1. The number of aromatic nitrogens is 1. The first-order valence-corrected chi connectivity index (χ1v) is 10.9. The van der Waals surface area contributed by atoms with Crippen molar-refractivity contribution in [1.82, 2.24) is 4.98 Å². The number of fused-ring (bicyclic) bond motifs is 1. The van der Waals surface area contributed by atoms with Gasteiger partial charge in [0.25, 0.3) is 0 Å². The van der Waals surface area contributed by atoms with E-state index >= 15 is 0 Å². The van der Waals surface area contributed by atoms with E-state index in [-0.39, 0.29) is 17.1 Å². The number of aromatic carboxylic acids is 1. The third-order valence-corrected chi connectivity index (χ3v) is 5.43. The first kappa shape index (κ1) is 27.0. The number of hydrogen-bond donors (Lipinski definition) is 3. The molecule has 0 aliphatic carbocycles. The van der Waals surface area contributed by atoms with Crippen LogP contribution in [0.2, 0.25) is 0 Å². The van der Waals surface area contributed by atoms with Crippen molar-refractivity contribution in [2.75, 3.05) is 12.4 Å². The molecular formula is C27H23F3N2O5. The van der Waals surface area contributed by atoms with Crippen molar-refractivity contribution in [1.29, 1.82) is 0 Å². The Balaban J connectivity index is 0.000000208. The van der Waals surface area contributed by atoms with Crippen LogP contribution in [0.5, 0.6) is 5.75 Å². The highest BCUT2D eigenvalue weighted by Gasteiger charge is 2.30. The molecule has 0 spiro atoms. The molecule has 1 aromatic heterocycles. The maximum Gasteiger partial charge on any atom is 0.416 e. The van der Waals surface area contributed by atoms with Gasteiger partial charge in [-0.15, -0.1) is 0 Å². The second kappa shape index (κ2) is 11.4. The van der Waals surface area contributed by atoms with Gasteiger partial charge in [-0.05, 0) is 65.7 Å². The minimum atomic E-state index is -4.46. The number of ether oxygens (including phenoxy) is 1. The van der Waals surface area contributed by atoms with Gasteiger partial charge in [0.15, 0.2) is 0 Å². The van der Waals surface area contributed by atoms with Crippen molar-refractivity contribution in [3.05, 3.63) is 95.7 Å². The second-order valence-electron chi connectivity index (χ2n) is 7.94. The smallest absolute Gasteiger partial charge is 0.416 e. The van der Waals surface area contributed by atoms with E-state index in [0.717, 1.165) is 34.2 Å². The summed E-state index contributed by atoms with van der Waals surface area (Å²) < 4.78 is 42.9. The van der Waals surface area contributed by atoms with Crippen LogP contribution >= 0.6 is 0 Å². The van der Waals surface area contributed by atoms with E-state index in [2.05, 4.69) is 10.3 Å². The Morgan fingerprint density at radius 3 is 2.30 bits per heavy atom. The lowest BCUT2D eigenvalue weighted by atomic mass is 9.98. The number of halogens is 3. The van der Waals surface area contributed by atoms with Crippen LogP contribution in [0, 0.1) is 0 Å². The molecule has 0 aliphatic rings. The van der Waals surface area contributed by atoms with E-state index in [0.29, 0.717) is 0 Å². The van der Waals surface area contributed by atoms with E-state index in [1.54, 1.807) is 14.0 Å². The molecule has 192 valence electrons. The predicted molar refractivity (Wildman–Crippen MR) is 132 cm³/mol. The Morgan fingerprint density at radius 2 is 1.65 bits per heavy atom. The normalized spacial score (nSPS) is 11.7. The minimum absolute atomic E-state index is 0.0145. The first-order chi connectivity index (χ1) is 17.5. The molecule has 0 bridgehead atoms. The summed E-state index contributed by atoms with van der Waals surface area (Å²) in [5, 5.41) is 22.6. The highest BCUT2D eigenvalue weighted by Crippen LogP contribution is 2.31. The Bertz CT molecular complexity index is 1420. The molecule has 0 fully saturated rings. The molecule has 3 N–H and O–H groups in total. The van der Waals surface area contributed by atoms with Gasteiger partial charge in [-0.1, -0.05) is 30.3 Å². The summed E-state index contributed by atoms with van der Waals surface area (Å²) in [7, 11) is 1.63. The van der Waals surface area contributed by atoms with Crippen molar-refractivity contribution < 1.29 is 37.7 Å². The molecular weight excluding hydrogens is 489 g/mol. The molecule has 1 heterocycles. The Morgan fingerprint density at radius 1 is 0.946 bits per heavy atom. The molecule has 1 atom stereocenters. The van der Waals surface area contributed by atoms with Gasteiger partial charge >= 0.3 is 18.1 Å². The maximum atomic E-state index is 12.6. The Kier molecular flexibility index (Phi) is 8.33. The quantitative estimate of drug-likeness (QED) is 0.268. The lowest BCUT2D eigenvalue weighted by molar-refractivity contribution is -0.138. The van der Waals surface area contributed by atoms with Crippen molar-refractivity contribution in [2.45, 2.75) is 19.0 Å². The fraction of sp³-hybridized carbons (Fsp3) is 0.148. The van der Waals surface area contributed by atoms with Crippen LogP contribution in [0.15, 0.2) is 79.0 Å². The third kappa shape index (κ3) is 6.97. The number of nitrogens with one attached hydrogen (secondary N) is 1. The third-order valence-electron chi connectivity index (χ3n) is 5.43. The lowest BCUT2D eigenvalue weighted by Gasteiger charge is -2.11. The average molecular weight is 512 g/mol. The van der Waals surface area contributed by atoms with Crippen LogP contribution in [0.1, 0.15) is 34.3 Å². The zero-order valence-corrected chi connectivity index (χ0v) is 19.8. The molecule has 4 aromatic rings. The van der Waals surface area contributed by atoms with Gasteiger partial charge in [0.05, 0.1) is 18.6 Å². The molecule has 37 heavy (non-hydrogen) atoms. The van der Waals surface area contributed by atoms with Crippen molar-refractivity contribution >= 4 is 34.2 Å². The number of benzene rings is 3. The number of carbonyl (C=O) groups is 2. The monoisotopic (exact) mass is 512 g/mol. The van der Waals surface area contributed by atoms with Crippen molar-refractivity contribution in [3.63, 3.8) is 0 Å². The predicted octanol–water partition coefficient (Wildman–Crippen LogP) is 6.58. The molecule has 0 unspecified atom stereocenters. The van der Waals surface area contributed by atoms with E-state index in [1.807, 2.05) is 36.4 Å². The molecule has 0 aliphatic heterocycles. The Labute approximate surface area is 210 Å². The van der Waals surface area contributed by atoms with Crippen LogP contribution in [-0.2, 0) is 11.0 Å². The van der Waals surface area contributed by atoms with Crippen LogP contribution in [0.25, 0.3) is 10.8 Å². The summed E-state index contributed by atoms with van der Waals surface area (Å²) in [4.78, 5) is 25.7. The molecule has 0 radical (unpaired) electrons. The van der Waals surface area contributed by atoms with E-state index in [9.17, 15) is 22.8 Å². The fourth-order valence-corrected chi connectivity index (χ4v) is 3.37. The number of alkyl halides is 3. The first-order valence-electron chi connectivity index (χ1n) is 10.9. The van der Waals surface area contributed by atoms with Gasteiger partial charge in [0.1, 0.15) is 17.1 Å². The van der Waals surface area contributed by atoms with Gasteiger partial charge in [-0.25, -0.2) is 9.78 Å². The average Bonchev–Trinajstić information content (AvgIpc) is 2.87. The largest absolute Gasteiger partial charge is 0.497 e. The number of anilines is 2. The molecule has 0 saturated heterocycles. The molecule has 0 amide bonds. The summed E-state index contributed by atoms with van der Waals surface area (Å²) in [6.07, 6.45) is -3.11. The van der Waals surface area contributed by atoms with Crippen LogP contribution in [0.3, 0.4) is 0 Å². The van der Waals surface area contributed by atoms with E-state index in [4.69, 9.17) is 14.9 Å². The number of hydrogen-bond acceptors (Lipinski definition) is 5. The number of pyridine rings is 1. The molecule has 4 rings (SSSR count). The van der Waals surface area contributed by atoms with Gasteiger partial charge in [-0.3, -0.25) is 4.79 Å². The molecule has 7 nitrogen and oxygen atoms in total. The van der Waals surface area contributed by atoms with Gasteiger partial charge in [-0.2, -0.15) is 13.2 Å². The SMILES string of the molecule is COc1ccc2cc([C@H](C)C(=O)O)ccc2c1.O=C(O)c1cccnc1Nc1cccc(C(F)(F)F)c1. The summed E-state index contributed by atoms with van der Waals surface area (Å²) >= 11 is 0. The fourth-order valence-electron chi connectivity index (χ4n) is 3.37. The topological polar surface area (TPSA) is 109 Å². The number of carboxylic acid groups (broad SMARTS) is 2. The summed E-state index contributed by atoms with van der Waals surface area (Å²) in [6, 6.07) is 18.6. The number of methoxy groups -OCH3 is 1. The number of nitrogens with zero attached hydrogens (tertiary/aromatic N) is 1. The lowest BCUT2D eigenvalue weighted by Crippen LogP contribution is -2.07. The van der Waals surface area contributed by atoms with Gasteiger partial charge in [0, 0.05) is 11.9 Å². The number of rotatable bonds is 6. The molecule has 10 heteroatoms. The van der Waals surface area contributed by atoms with E-state index in [1.165, 1.54) is 30.5 Å². The summed E-state index contributed by atoms with van der Waals surface area (Å²) in [5.41, 5.74) is -0.0172. The minimum Gasteiger partial charge on any atom is -0.497 e. The summed E-state index contributed by atoms with van der Waals surface area (Å²) in [6.45, 7) is 1.69. The highest BCUT2D eigenvalue weighted by atomic mass is 19.4. The zero-order chi connectivity index (χ0) is 27.2. The summed E-state index contributed by atoms with van der Waals surface area (Å²) in [5.74, 6) is -1.72. The standard InChI is InChI=1S/C14H14O3.C13H9F3N2O2/c1-9(14(15)16)10-3-4-12-8-13(17-2)6-5-11(12)7-10;14-13(15,16)8-3-1-4-9(7-8)18-11-10(12(19)20)5-2-6-17-11/h3-9H,1-2H3,(H,15,16);1-7H,(H,17,18)(H,19,20)/t9-;/m0./s1. The van der Waals surface area contributed by atoms with Crippen LogP contribution in [0.4, 0.5) is 24.7 Å². The van der Waals surface area contributed by atoms with Gasteiger partial charge < -0.3 is 20.3 Å². The van der Waals surface area contributed by atoms with E-state index < -0.39 is 29.6 Å². The molecule has 3 aromatic carbocycles. The van der Waals surface area contributed by atoms with Crippen LogP contribution < -0.4 is 10.1 Å². The van der Waals surface area contributed by atoms with Gasteiger partial charge in [0.2, 0.25) is 0 Å². The molecule has 0 saturated carbocycles.